The van der Waals surface area contributed by atoms with Crippen molar-refractivity contribution in [3.8, 4) is 0 Å². The van der Waals surface area contributed by atoms with Gasteiger partial charge in [-0.2, -0.15) is 0 Å². The van der Waals surface area contributed by atoms with E-state index in [1.165, 1.54) is 7.11 Å². The molecule has 0 radical (unpaired) electrons. The molecule has 0 spiro atoms. The average Bonchev–Trinajstić information content (AvgIpc) is 2.81. The normalized spacial score (nSPS) is 12.4. The summed E-state index contributed by atoms with van der Waals surface area (Å²) < 4.78 is 9.62. The summed E-state index contributed by atoms with van der Waals surface area (Å²) in [6.45, 7) is 0. The van der Waals surface area contributed by atoms with Crippen LogP contribution in [-0.2, 0) is 9.53 Å². The van der Waals surface area contributed by atoms with Crippen molar-refractivity contribution in [1.82, 2.24) is 0 Å². The molecule has 0 bridgehead atoms. The number of aliphatic hydroxyl groups is 1. The van der Waals surface area contributed by atoms with E-state index in [-0.39, 0.29) is 5.97 Å². The van der Waals surface area contributed by atoms with Crippen molar-refractivity contribution in [3.63, 3.8) is 0 Å². The van der Waals surface area contributed by atoms with E-state index in [4.69, 9.17) is 4.42 Å². The van der Waals surface area contributed by atoms with Gasteiger partial charge in [-0.15, -0.1) is 0 Å². The van der Waals surface area contributed by atoms with Crippen LogP contribution in [0.2, 0.25) is 0 Å². The van der Waals surface area contributed by atoms with Gasteiger partial charge in [-0.05, 0) is 25.0 Å². The second kappa shape index (κ2) is 7.06. The lowest BCUT2D eigenvalue weighted by Gasteiger charge is -2.06. The van der Waals surface area contributed by atoms with Crippen LogP contribution in [0.3, 0.4) is 0 Å². The fourth-order valence-electron chi connectivity index (χ4n) is 1.51. The Balaban J connectivity index is 2.05. The average molecular weight is 226 g/mol. The summed E-state index contributed by atoms with van der Waals surface area (Å²) >= 11 is 0. The molecule has 0 saturated heterocycles. The van der Waals surface area contributed by atoms with E-state index in [1.54, 1.807) is 18.4 Å². The number of esters is 1. The number of unbranched alkanes of at least 4 members (excludes halogenated alkanes) is 2. The number of rotatable bonds is 7. The minimum absolute atomic E-state index is 0.174. The highest BCUT2D eigenvalue weighted by Crippen LogP contribution is 2.19. The van der Waals surface area contributed by atoms with Crippen LogP contribution >= 0.6 is 0 Å². The zero-order valence-corrected chi connectivity index (χ0v) is 9.52. The van der Waals surface area contributed by atoms with Crippen molar-refractivity contribution in [1.29, 1.82) is 0 Å². The van der Waals surface area contributed by atoms with Crippen LogP contribution in [0.25, 0.3) is 0 Å². The maximum absolute atomic E-state index is 10.8. The molecule has 1 aromatic rings. The predicted molar refractivity (Wildman–Crippen MR) is 58.8 cm³/mol. The van der Waals surface area contributed by atoms with E-state index in [0.29, 0.717) is 18.6 Å². The molecule has 4 nitrogen and oxygen atoms in total. The van der Waals surface area contributed by atoms with Crippen LogP contribution in [0, 0.1) is 0 Å². The summed E-state index contributed by atoms with van der Waals surface area (Å²) in [7, 11) is 1.39. The smallest absolute Gasteiger partial charge is 0.305 e. The van der Waals surface area contributed by atoms with E-state index in [2.05, 4.69) is 4.74 Å². The van der Waals surface area contributed by atoms with Gasteiger partial charge in [0.1, 0.15) is 11.9 Å². The Bertz CT molecular complexity index is 292. The molecule has 0 aliphatic carbocycles. The third-order valence-corrected chi connectivity index (χ3v) is 2.46. The molecule has 0 saturated carbocycles. The molecule has 1 aromatic heterocycles. The SMILES string of the molecule is COC(=O)CCCCCC(O)c1ccco1. The molecule has 90 valence electrons. The molecule has 4 heteroatoms. The Labute approximate surface area is 95.2 Å². The van der Waals surface area contributed by atoms with Crippen molar-refractivity contribution in [3.05, 3.63) is 24.2 Å². The largest absolute Gasteiger partial charge is 0.469 e. The Morgan fingerprint density at radius 1 is 1.50 bits per heavy atom. The van der Waals surface area contributed by atoms with Crippen LogP contribution in [-0.4, -0.2) is 18.2 Å². The van der Waals surface area contributed by atoms with Gasteiger partial charge in [0.05, 0.1) is 13.4 Å². The van der Waals surface area contributed by atoms with E-state index in [9.17, 15) is 9.90 Å². The van der Waals surface area contributed by atoms with Crippen LogP contribution in [0.1, 0.15) is 44.0 Å². The number of hydrogen-bond donors (Lipinski definition) is 1. The van der Waals surface area contributed by atoms with Crippen molar-refractivity contribution >= 4 is 5.97 Å². The topological polar surface area (TPSA) is 59.7 Å². The molecule has 1 heterocycles. The van der Waals surface area contributed by atoms with Crippen LogP contribution in [0.5, 0.6) is 0 Å². The molecule has 0 aliphatic rings. The predicted octanol–water partition coefficient (Wildman–Crippen LogP) is 2.44. The Kier molecular flexibility index (Phi) is 5.64. The maximum Gasteiger partial charge on any atom is 0.305 e. The third kappa shape index (κ3) is 4.49. The standard InChI is InChI=1S/C12H18O4/c1-15-12(14)8-4-2-3-6-10(13)11-7-5-9-16-11/h5,7,9-10,13H,2-4,6,8H2,1H3. The number of carbonyl (C=O) groups excluding carboxylic acids is 1. The lowest BCUT2D eigenvalue weighted by atomic mass is 10.1. The molecular formula is C12H18O4. The zero-order chi connectivity index (χ0) is 11.8. The minimum Gasteiger partial charge on any atom is -0.469 e. The first-order valence-electron chi connectivity index (χ1n) is 5.52. The maximum atomic E-state index is 10.8. The lowest BCUT2D eigenvalue weighted by Crippen LogP contribution is -2.00. The number of furan rings is 1. The van der Waals surface area contributed by atoms with Gasteiger partial charge in [0.15, 0.2) is 0 Å². The van der Waals surface area contributed by atoms with Gasteiger partial charge in [-0.1, -0.05) is 12.8 Å². The summed E-state index contributed by atoms with van der Waals surface area (Å²) in [5, 5.41) is 9.68. The number of methoxy groups -OCH3 is 1. The first-order valence-corrected chi connectivity index (χ1v) is 5.52. The van der Waals surface area contributed by atoms with Gasteiger partial charge in [-0.3, -0.25) is 4.79 Å². The molecule has 0 aliphatic heterocycles. The highest BCUT2D eigenvalue weighted by atomic mass is 16.5. The van der Waals surface area contributed by atoms with Gasteiger partial charge < -0.3 is 14.3 Å². The first kappa shape index (κ1) is 12.8. The Morgan fingerprint density at radius 2 is 2.31 bits per heavy atom. The van der Waals surface area contributed by atoms with Gasteiger partial charge in [0, 0.05) is 6.42 Å². The fourth-order valence-corrected chi connectivity index (χ4v) is 1.51. The molecule has 1 rings (SSSR count). The highest BCUT2D eigenvalue weighted by molar-refractivity contribution is 5.68. The van der Waals surface area contributed by atoms with Crippen LogP contribution in [0.15, 0.2) is 22.8 Å². The fraction of sp³-hybridized carbons (Fsp3) is 0.583. The van der Waals surface area contributed by atoms with E-state index in [0.717, 1.165) is 19.3 Å². The third-order valence-electron chi connectivity index (χ3n) is 2.46. The van der Waals surface area contributed by atoms with Crippen LogP contribution < -0.4 is 0 Å². The zero-order valence-electron chi connectivity index (χ0n) is 9.52. The Morgan fingerprint density at radius 3 is 2.94 bits per heavy atom. The number of aliphatic hydroxyl groups excluding tert-OH is 1. The van der Waals surface area contributed by atoms with Crippen molar-refractivity contribution in [2.75, 3.05) is 7.11 Å². The molecule has 0 fully saturated rings. The number of ether oxygens (including phenoxy) is 1. The van der Waals surface area contributed by atoms with Crippen LogP contribution in [0.4, 0.5) is 0 Å². The molecule has 1 atom stereocenters. The Hall–Kier alpha value is -1.29. The van der Waals surface area contributed by atoms with Gasteiger partial charge in [0.2, 0.25) is 0 Å². The monoisotopic (exact) mass is 226 g/mol. The molecule has 0 amide bonds. The summed E-state index contributed by atoms with van der Waals surface area (Å²) in [4.78, 5) is 10.8. The molecule has 0 aromatic carbocycles. The molecular weight excluding hydrogens is 208 g/mol. The van der Waals surface area contributed by atoms with Gasteiger partial charge in [0.25, 0.3) is 0 Å². The van der Waals surface area contributed by atoms with Crippen molar-refractivity contribution in [2.24, 2.45) is 0 Å². The van der Waals surface area contributed by atoms with E-state index < -0.39 is 6.10 Å². The van der Waals surface area contributed by atoms with Crippen molar-refractivity contribution in [2.45, 2.75) is 38.2 Å². The summed E-state index contributed by atoms with van der Waals surface area (Å²) in [6.07, 6.45) is 4.72. The van der Waals surface area contributed by atoms with E-state index in [1.807, 2.05) is 0 Å². The summed E-state index contributed by atoms with van der Waals surface area (Å²) in [6, 6.07) is 3.52. The summed E-state index contributed by atoms with van der Waals surface area (Å²) in [5.74, 6) is 0.430. The number of carbonyl (C=O) groups is 1. The minimum atomic E-state index is -0.534. The van der Waals surface area contributed by atoms with Gasteiger partial charge in [-0.25, -0.2) is 0 Å². The highest BCUT2D eigenvalue weighted by Gasteiger charge is 2.09. The summed E-state index contributed by atoms with van der Waals surface area (Å²) in [5.41, 5.74) is 0. The molecule has 16 heavy (non-hydrogen) atoms. The number of hydrogen-bond acceptors (Lipinski definition) is 4. The van der Waals surface area contributed by atoms with E-state index >= 15 is 0 Å². The quantitative estimate of drug-likeness (QED) is 0.573. The second-order valence-corrected chi connectivity index (χ2v) is 3.71. The first-order chi connectivity index (χ1) is 7.74. The molecule has 1 N–H and O–H groups in total. The van der Waals surface area contributed by atoms with Crippen molar-refractivity contribution < 1.29 is 19.1 Å². The van der Waals surface area contributed by atoms with Gasteiger partial charge >= 0.3 is 5.97 Å². The second-order valence-electron chi connectivity index (χ2n) is 3.71. The molecule has 1 unspecified atom stereocenters. The lowest BCUT2D eigenvalue weighted by molar-refractivity contribution is -0.140.